The maximum Gasteiger partial charge on any atom is 0.251 e. The lowest BCUT2D eigenvalue weighted by Gasteiger charge is -2.08. The third-order valence-electron chi connectivity index (χ3n) is 5.04. The van der Waals surface area contributed by atoms with Crippen LogP contribution in [0, 0.1) is 0 Å². The average Bonchev–Trinajstić information content (AvgIpc) is 3.34. The Morgan fingerprint density at radius 2 is 2.07 bits per heavy atom. The molecule has 0 spiro atoms. The highest BCUT2D eigenvalue weighted by atomic mass is 32.1. The van der Waals surface area contributed by atoms with Crippen LogP contribution < -0.4 is 10.1 Å². The van der Waals surface area contributed by atoms with Crippen molar-refractivity contribution in [3.8, 4) is 5.75 Å². The first-order chi connectivity index (χ1) is 14.3. The number of thiazole rings is 1. The predicted molar refractivity (Wildman–Crippen MR) is 111 cm³/mol. The van der Waals surface area contributed by atoms with Crippen molar-refractivity contribution in [2.45, 2.75) is 51.7 Å². The van der Waals surface area contributed by atoms with Crippen LogP contribution in [0.1, 0.15) is 53.4 Å². The Bertz CT molecular complexity index is 921. The number of hydrogen-bond donors (Lipinski definition) is 1. The zero-order chi connectivity index (χ0) is 19.9. The number of hydrogen-bond acceptors (Lipinski definition) is 6. The van der Waals surface area contributed by atoms with Gasteiger partial charge in [-0.15, -0.1) is 21.5 Å². The molecule has 0 aliphatic carbocycles. The van der Waals surface area contributed by atoms with Gasteiger partial charge in [-0.2, -0.15) is 0 Å². The third-order valence-corrected chi connectivity index (χ3v) is 5.67. The lowest BCUT2D eigenvalue weighted by atomic mass is 10.2. The first-order valence-electron chi connectivity index (χ1n) is 10.1. The molecule has 7 nitrogen and oxygen atoms in total. The molecule has 1 amide bonds. The maximum absolute atomic E-state index is 12.3. The molecule has 29 heavy (non-hydrogen) atoms. The van der Waals surface area contributed by atoms with Crippen molar-refractivity contribution < 1.29 is 9.53 Å². The Morgan fingerprint density at radius 1 is 1.17 bits per heavy atom. The van der Waals surface area contributed by atoms with E-state index >= 15 is 0 Å². The maximum atomic E-state index is 12.3. The van der Waals surface area contributed by atoms with Crippen molar-refractivity contribution >= 4 is 17.2 Å². The van der Waals surface area contributed by atoms with Crippen LogP contribution in [-0.2, 0) is 26.0 Å². The fraction of sp³-hybridized carbons (Fsp3) is 0.429. The van der Waals surface area contributed by atoms with Crippen molar-refractivity contribution in [1.29, 1.82) is 0 Å². The average molecular weight is 412 g/mol. The Kier molecular flexibility index (Phi) is 6.51. The van der Waals surface area contributed by atoms with E-state index in [1.807, 2.05) is 17.5 Å². The Hall–Kier alpha value is -2.74. The molecule has 8 heteroatoms. The second-order valence-corrected chi connectivity index (χ2v) is 7.87. The van der Waals surface area contributed by atoms with Crippen molar-refractivity contribution in [3.63, 3.8) is 0 Å². The zero-order valence-electron chi connectivity index (χ0n) is 16.3. The standard InChI is InChI=1S/C21H25N5O2S/c27-21(16-7-9-18(10-8-16)28-13-17-14-29-15-23-17)22-11-4-6-20-25-24-19-5-2-1-3-12-26(19)20/h7-10,14-15H,1-6,11-13H2,(H,22,27). The molecule has 1 aromatic carbocycles. The summed E-state index contributed by atoms with van der Waals surface area (Å²) in [5.74, 6) is 2.80. The van der Waals surface area contributed by atoms with Crippen molar-refractivity contribution in [1.82, 2.24) is 25.1 Å². The van der Waals surface area contributed by atoms with E-state index in [2.05, 4.69) is 25.1 Å². The van der Waals surface area contributed by atoms with Crippen LogP contribution in [-0.4, -0.2) is 32.2 Å². The van der Waals surface area contributed by atoms with E-state index in [0.717, 1.165) is 48.9 Å². The van der Waals surface area contributed by atoms with Gasteiger partial charge in [0.25, 0.3) is 5.91 Å². The summed E-state index contributed by atoms with van der Waals surface area (Å²) in [5.41, 5.74) is 3.31. The van der Waals surface area contributed by atoms with Crippen LogP contribution in [0.15, 0.2) is 35.2 Å². The second kappa shape index (κ2) is 9.65. The van der Waals surface area contributed by atoms with Gasteiger partial charge in [0.15, 0.2) is 0 Å². The first kappa shape index (κ1) is 19.6. The lowest BCUT2D eigenvalue weighted by molar-refractivity contribution is 0.0953. The summed E-state index contributed by atoms with van der Waals surface area (Å²) in [5, 5.41) is 13.6. The molecule has 152 valence electrons. The smallest absolute Gasteiger partial charge is 0.251 e. The SMILES string of the molecule is O=C(NCCCc1nnc2n1CCCCC2)c1ccc(OCc2cscn2)cc1. The molecule has 0 atom stereocenters. The minimum Gasteiger partial charge on any atom is -0.487 e. The number of carbonyl (C=O) groups excluding carboxylic acids is 1. The number of nitrogens with zero attached hydrogens (tertiary/aromatic N) is 4. The number of ether oxygens (including phenoxy) is 1. The topological polar surface area (TPSA) is 81.9 Å². The largest absolute Gasteiger partial charge is 0.487 e. The summed E-state index contributed by atoms with van der Waals surface area (Å²) in [6.07, 6.45) is 6.34. The Balaban J connectivity index is 1.21. The molecular formula is C21H25N5O2S. The van der Waals surface area contributed by atoms with Gasteiger partial charge in [0.05, 0.1) is 11.2 Å². The van der Waals surface area contributed by atoms with Crippen LogP contribution >= 0.6 is 11.3 Å². The van der Waals surface area contributed by atoms with Gasteiger partial charge in [-0.3, -0.25) is 4.79 Å². The van der Waals surface area contributed by atoms with Crippen LogP contribution in [0.2, 0.25) is 0 Å². The van der Waals surface area contributed by atoms with Crippen molar-refractivity contribution in [2.24, 2.45) is 0 Å². The molecule has 0 radical (unpaired) electrons. The van der Waals surface area contributed by atoms with Gasteiger partial charge in [-0.05, 0) is 43.5 Å². The van der Waals surface area contributed by atoms with Gasteiger partial charge in [0.2, 0.25) is 0 Å². The first-order valence-corrected chi connectivity index (χ1v) is 11.0. The molecule has 0 unspecified atom stereocenters. The van der Waals surface area contributed by atoms with E-state index in [9.17, 15) is 4.79 Å². The summed E-state index contributed by atoms with van der Waals surface area (Å²) in [4.78, 5) is 16.5. The number of carbonyl (C=O) groups is 1. The number of nitrogens with one attached hydrogen (secondary N) is 1. The fourth-order valence-corrected chi connectivity index (χ4v) is 3.99. The highest BCUT2D eigenvalue weighted by molar-refractivity contribution is 7.07. The molecule has 0 saturated heterocycles. The predicted octanol–water partition coefficient (Wildman–Crippen LogP) is 3.40. The number of aromatic nitrogens is 4. The summed E-state index contributed by atoms with van der Waals surface area (Å²) < 4.78 is 7.94. The van der Waals surface area contributed by atoms with Crippen molar-refractivity contribution in [2.75, 3.05) is 6.54 Å². The Labute approximate surface area is 174 Å². The number of rotatable bonds is 8. The van der Waals surface area contributed by atoms with Crippen LogP contribution in [0.3, 0.4) is 0 Å². The number of fused-ring (bicyclic) bond motifs is 1. The summed E-state index contributed by atoms with van der Waals surface area (Å²) >= 11 is 1.54. The van der Waals surface area contributed by atoms with E-state index < -0.39 is 0 Å². The third kappa shape index (κ3) is 5.20. The molecule has 4 rings (SSSR count). The molecule has 0 saturated carbocycles. The molecule has 1 aliphatic heterocycles. The quantitative estimate of drug-likeness (QED) is 0.575. The van der Waals surface area contributed by atoms with Gasteiger partial charge < -0.3 is 14.6 Å². The monoisotopic (exact) mass is 411 g/mol. The van der Waals surface area contributed by atoms with Crippen LogP contribution in [0.5, 0.6) is 5.75 Å². The van der Waals surface area contributed by atoms with Gasteiger partial charge in [-0.25, -0.2) is 4.98 Å². The van der Waals surface area contributed by atoms with Gasteiger partial charge in [-0.1, -0.05) is 6.42 Å². The molecule has 3 heterocycles. The fourth-order valence-electron chi connectivity index (χ4n) is 3.45. The summed E-state index contributed by atoms with van der Waals surface area (Å²) in [6, 6.07) is 7.19. The normalized spacial score (nSPS) is 13.5. The summed E-state index contributed by atoms with van der Waals surface area (Å²) in [7, 11) is 0. The molecule has 3 aromatic rings. The molecular weight excluding hydrogens is 386 g/mol. The number of amides is 1. The van der Waals surface area contributed by atoms with Crippen molar-refractivity contribution in [3.05, 3.63) is 58.1 Å². The highest BCUT2D eigenvalue weighted by Crippen LogP contribution is 2.16. The molecule has 1 N–H and O–H groups in total. The van der Waals surface area contributed by atoms with E-state index in [1.165, 1.54) is 19.3 Å². The van der Waals surface area contributed by atoms with Crippen LogP contribution in [0.25, 0.3) is 0 Å². The number of benzene rings is 1. The molecule has 1 aliphatic rings. The Morgan fingerprint density at radius 3 is 2.90 bits per heavy atom. The molecule has 0 fully saturated rings. The second-order valence-electron chi connectivity index (χ2n) is 7.15. The van der Waals surface area contributed by atoms with Gasteiger partial charge in [0.1, 0.15) is 24.0 Å². The van der Waals surface area contributed by atoms with Gasteiger partial charge >= 0.3 is 0 Å². The summed E-state index contributed by atoms with van der Waals surface area (Å²) in [6.45, 7) is 2.06. The zero-order valence-corrected chi connectivity index (χ0v) is 17.2. The van der Waals surface area contributed by atoms with Gasteiger partial charge in [0, 0.05) is 36.9 Å². The van der Waals surface area contributed by atoms with E-state index in [0.29, 0.717) is 18.7 Å². The minimum atomic E-state index is -0.0730. The lowest BCUT2D eigenvalue weighted by Crippen LogP contribution is -2.25. The minimum absolute atomic E-state index is 0.0730. The molecule has 0 bridgehead atoms. The van der Waals surface area contributed by atoms with E-state index in [4.69, 9.17) is 4.74 Å². The molecule has 2 aromatic heterocycles. The van der Waals surface area contributed by atoms with E-state index in [1.54, 1.807) is 29.0 Å². The number of aryl methyl sites for hydroxylation is 2. The van der Waals surface area contributed by atoms with Crippen LogP contribution in [0.4, 0.5) is 0 Å². The highest BCUT2D eigenvalue weighted by Gasteiger charge is 2.14. The van der Waals surface area contributed by atoms with E-state index in [-0.39, 0.29) is 5.91 Å².